The molecule has 0 fully saturated rings. The Hall–Kier alpha value is -1.48. The van der Waals surface area contributed by atoms with Crippen molar-refractivity contribution in [2.45, 2.75) is 34.1 Å². The van der Waals surface area contributed by atoms with Gasteiger partial charge in [0.15, 0.2) is 11.6 Å². The van der Waals surface area contributed by atoms with Crippen LogP contribution in [0.5, 0.6) is 0 Å². The zero-order valence-electron chi connectivity index (χ0n) is 10.8. The number of ketones is 2. The molecule has 0 saturated carbocycles. The lowest BCUT2D eigenvalue weighted by atomic mass is 9.84. The van der Waals surface area contributed by atoms with Gasteiger partial charge in [-0.25, -0.2) is 0 Å². The van der Waals surface area contributed by atoms with E-state index in [1.807, 2.05) is 19.9 Å². The van der Waals surface area contributed by atoms with Crippen molar-refractivity contribution < 1.29 is 14.7 Å². The lowest BCUT2D eigenvalue weighted by molar-refractivity contribution is -0.116. The lowest BCUT2D eigenvalue weighted by Crippen LogP contribution is -2.23. The molecular weight excluding hydrogens is 216 g/mol. The van der Waals surface area contributed by atoms with E-state index in [0.29, 0.717) is 23.1 Å². The number of hydrogen-bond acceptors (Lipinski definition) is 3. The molecule has 1 N–H and O–H groups in total. The predicted octanol–water partition coefficient (Wildman–Crippen LogP) is 2.12. The van der Waals surface area contributed by atoms with Crippen molar-refractivity contribution in [2.75, 3.05) is 6.61 Å². The molecule has 0 aromatic heterocycles. The predicted molar refractivity (Wildman–Crippen MR) is 66.5 cm³/mol. The molecule has 0 atom stereocenters. The SMILES string of the molecule is CC(C)=CCC1=C(C)C(=O)C(CO)=C(C)C1=O. The Morgan fingerprint density at radius 3 is 2.00 bits per heavy atom. The minimum atomic E-state index is -0.371. The molecule has 0 spiro atoms. The van der Waals surface area contributed by atoms with E-state index >= 15 is 0 Å². The number of hydrogen-bond donors (Lipinski definition) is 1. The molecule has 0 heterocycles. The molecule has 0 saturated heterocycles. The smallest absolute Gasteiger partial charge is 0.187 e. The first-order chi connectivity index (χ1) is 7.90. The first-order valence-corrected chi connectivity index (χ1v) is 5.63. The highest BCUT2D eigenvalue weighted by Crippen LogP contribution is 2.26. The zero-order chi connectivity index (χ0) is 13.2. The summed E-state index contributed by atoms with van der Waals surface area (Å²) in [5.74, 6) is -0.328. The largest absolute Gasteiger partial charge is 0.392 e. The minimum absolute atomic E-state index is 0.122. The van der Waals surface area contributed by atoms with Crippen LogP contribution in [0.15, 0.2) is 33.9 Å². The van der Waals surface area contributed by atoms with E-state index in [9.17, 15) is 9.59 Å². The van der Waals surface area contributed by atoms with E-state index in [2.05, 4.69) is 0 Å². The molecule has 0 aromatic carbocycles. The quantitative estimate of drug-likeness (QED) is 0.601. The fourth-order valence-electron chi connectivity index (χ4n) is 1.81. The Morgan fingerprint density at radius 2 is 1.53 bits per heavy atom. The molecule has 1 aliphatic rings. The first kappa shape index (κ1) is 13.6. The van der Waals surface area contributed by atoms with Crippen molar-refractivity contribution in [1.82, 2.24) is 0 Å². The number of Topliss-reactive ketones (excluding diaryl/α,β-unsaturated/α-hetero) is 2. The third-order valence-electron chi connectivity index (χ3n) is 3.01. The monoisotopic (exact) mass is 234 g/mol. The van der Waals surface area contributed by atoms with E-state index in [-0.39, 0.29) is 23.7 Å². The third-order valence-corrected chi connectivity index (χ3v) is 3.01. The van der Waals surface area contributed by atoms with Gasteiger partial charge in [-0.05, 0) is 34.1 Å². The molecule has 0 aliphatic heterocycles. The average molecular weight is 234 g/mol. The topological polar surface area (TPSA) is 54.4 Å². The van der Waals surface area contributed by atoms with Gasteiger partial charge in [0.05, 0.1) is 6.61 Å². The molecule has 0 aromatic rings. The summed E-state index contributed by atoms with van der Waals surface area (Å²) in [6.07, 6.45) is 2.41. The fraction of sp³-hybridized carbons (Fsp3) is 0.429. The van der Waals surface area contributed by atoms with E-state index in [0.717, 1.165) is 5.57 Å². The van der Waals surface area contributed by atoms with Crippen LogP contribution in [0.1, 0.15) is 34.1 Å². The zero-order valence-corrected chi connectivity index (χ0v) is 10.8. The van der Waals surface area contributed by atoms with Crippen molar-refractivity contribution in [3.8, 4) is 0 Å². The fourth-order valence-corrected chi connectivity index (χ4v) is 1.81. The number of allylic oxidation sites excluding steroid dienone is 5. The van der Waals surface area contributed by atoms with E-state index in [4.69, 9.17) is 5.11 Å². The minimum Gasteiger partial charge on any atom is -0.392 e. The summed E-state index contributed by atoms with van der Waals surface area (Å²) < 4.78 is 0. The van der Waals surface area contributed by atoms with Gasteiger partial charge in [0.2, 0.25) is 0 Å². The van der Waals surface area contributed by atoms with Crippen LogP contribution in [0.4, 0.5) is 0 Å². The van der Waals surface area contributed by atoms with Crippen molar-refractivity contribution in [2.24, 2.45) is 0 Å². The Bertz CT molecular complexity index is 458. The Labute approximate surface area is 102 Å². The van der Waals surface area contributed by atoms with Crippen LogP contribution in [-0.2, 0) is 9.59 Å². The maximum Gasteiger partial charge on any atom is 0.187 e. The van der Waals surface area contributed by atoms with E-state index < -0.39 is 0 Å². The summed E-state index contributed by atoms with van der Waals surface area (Å²) >= 11 is 0. The lowest BCUT2D eigenvalue weighted by Gasteiger charge is -2.18. The number of carbonyl (C=O) groups excluding carboxylic acids is 2. The van der Waals surface area contributed by atoms with Gasteiger partial charge in [0.25, 0.3) is 0 Å². The van der Waals surface area contributed by atoms with Gasteiger partial charge in [-0.3, -0.25) is 9.59 Å². The van der Waals surface area contributed by atoms with Crippen molar-refractivity contribution >= 4 is 11.6 Å². The normalized spacial score (nSPS) is 16.8. The number of rotatable bonds is 3. The maximum atomic E-state index is 12.1. The number of aliphatic hydroxyl groups is 1. The van der Waals surface area contributed by atoms with Gasteiger partial charge in [-0.1, -0.05) is 11.6 Å². The number of aliphatic hydroxyl groups excluding tert-OH is 1. The molecule has 0 unspecified atom stereocenters. The van der Waals surface area contributed by atoms with Gasteiger partial charge >= 0.3 is 0 Å². The van der Waals surface area contributed by atoms with E-state index in [1.165, 1.54) is 0 Å². The van der Waals surface area contributed by atoms with Crippen LogP contribution < -0.4 is 0 Å². The second kappa shape index (κ2) is 5.23. The molecule has 0 amide bonds. The second-order valence-electron chi connectivity index (χ2n) is 4.51. The highest BCUT2D eigenvalue weighted by atomic mass is 16.3. The van der Waals surface area contributed by atoms with Crippen LogP contribution in [0, 0.1) is 0 Å². The van der Waals surface area contributed by atoms with E-state index in [1.54, 1.807) is 13.8 Å². The summed E-state index contributed by atoms with van der Waals surface area (Å²) in [6.45, 7) is 6.78. The molecule has 3 nitrogen and oxygen atoms in total. The van der Waals surface area contributed by atoms with Crippen LogP contribution >= 0.6 is 0 Å². The summed E-state index contributed by atoms with van der Waals surface area (Å²) in [4.78, 5) is 24.0. The van der Waals surface area contributed by atoms with Gasteiger partial charge in [0.1, 0.15) is 0 Å². The molecule has 0 bridgehead atoms. The number of carbonyl (C=O) groups is 2. The van der Waals surface area contributed by atoms with Crippen LogP contribution in [0.3, 0.4) is 0 Å². The first-order valence-electron chi connectivity index (χ1n) is 5.63. The Kier molecular flexibility index (Phi) is 4.18. The maximum absolute atomic E-state index is 12.1. The Morgan fingerprint density at radius 1 is 1.06 bits per heavy atom. The highest BCUT2D eigenvalue weighted by Gasteiger charge is 2.28. The molecule has 1 rings (SSSR count). The second-order valence-corrected chi connectivity index (χ2v) is 4.51. The van der Waals surface area contributed by atoms with Gasteiger partial charge in [-0.15, -0.1) is 0 Å². The molecule has 0 radical (unpaired) electrons. The summed E-state index contributed by atoms with van der Waals surface area (Å²) in [5, 5.41) is 9.11. The molecular formula is C14H18O3. The van der Waals surface area contributed by atoms with Crippen molar-refractivity contribution in [1.29, 1.82) is 0 Å². The summed E-state index contributed by atoms with van der Waals surface area (Å²) in [6, 6.07) is 0. The van der Waals surface area contributed by atoms with Gasteiger partial charge < -0.3 is 5.11 Å². The van der Waals surface area contributed by atoms with Gasteiger partial charge in [-0.2, -0.15) is 0 Å². The van der Waals surface area contributed by atoms with Gasteiger partial charge in [0, 0.05) is 22.3 Å². The molecule has 3 heteroatoms. The van der Waals surface area contributed by atoms with Crippen LogP contribution in [0.25, 0.3) is 0 Å². The highest BCUT2D eigenvalue weighted by molar-refractivity contribution is 6.24. The average Bonchev–Trinajstić information content (AvgIpc) is 2.27. The summed E-state index contributed by atoms with van der Waals surface area (Å²) in [7, 11) is 0. The molecule has 1 aliphatic carbocycles. The molecule has 17 heavy (non-hydrogen) atoms. The van der Waals surface area contributed by atoms with Crippen LogP contribution in [0.2, 0.25) is 0 Å². The summed E-state index contributed by atoms with van der Waals surface area (Å²) in [5.41, 5.74) is 2.72. The standard InChI is InChI=1S/C14H18O3/c1-8(2)5-6-11-9(3)14(17)12(7-15)10(4)13(11)16/h5,15H,6-7H2,1-4H3. The van der Waals surface area contributed by atoms with Crippen molar-refractivity contribution in [3.05, 3.63) is 33.9 Å². The van der Waals surface area contributed by atoms with Crippen molar-refractivity contribution in [3.63, 3.8) is 0 Å². The molecule has 92 valence electrons. The Balaban J connectivity index is 3.17. The van der Waals surface area contributed by atoms with Crippen LogP contribution in [-0.4, -0.2) is 23.3 Å². The third kappa shape index (κ3) is 2.61.